The van der Waals surface area contributed by atoms with Crippen LogP contribution < -0.4 is 5.32 Å². The first-order valence-corrected chi connectivity index (χ1v) is 8.39. The molecule has 0 saturated carbocycles. The monoisotopic (exact) mass is 309 g/mol. The summed E-state index contributed by atoms with van der Waals surface area (Å²) >= 11 is 0. The second-order valence-electron chi connectivity index (χ2n) is 4.74. The van der Waals surface area contributed by atoms with Crippen LogP contribution in [0.25, 0.3) is 0 Å². The first kappa shape index (κ1) is 18.6. The minimum absolute atomic E-state index is 0.00828. The Morgan fingerprint density at radius 2 is 1.95 bits per heavy atom. The lowest BCUT2D eigenvalue weighted by atomic mass is 10.3. The van der Waals surface area contributed by atoms with Crippen LogP contribution in [0.4, 0.5) is 0 Å². The summed E-state index contributed by atoms with van der Waals surface area (Å²) in [7, 11) is 4.60. The zero-order valence-electron chi connectivity index (χ0n) is 12.1. The molecular formula is C12H23NO4S2. The number of nitrogens with one attached hydrogen (secondary N) is 1. The molecule has 7 heteroatoms. The average molecular weight is 309 g/mol. The molecule has 1 atom stereocenters. The van der Waals surface area contributed by atoms with E-state index < -0.39 is 6.04 Å². The summed E-state index contributed by atoms with van der Waals surface area (Å²) in [5.74, 6) is -0.204. The van der Waals surface area contributed by atoms with Crippen molar-refractivity contribution in [2.24, 2.45) is 0 Å². The number of methoxy groups -OCH3 is 1. The maximum absolute atomic E-state index is 11.6. The molecule has 1 unspecified atom stereocenters. The van der Waals surface area contributed by atoms with Crippen molar-refractivity contribution in [3.8, 4) is 0 Å². The molecule has 0 aliphatic rings. The van der Waals surface area contributed by atoms with Gasteiger partial charge in [-0.05, 0) is 6.92 Å². The summed E-state index contributed by atoms with van der Waals surface area (Å²) in [5.41, 5.74) is 0. The number of hydrogen-bond donors (Lipinski definition) is 1. The van der Waals surface area contributed by atoms with Crippen molar-refractivity contribution < 1.29 is 19.1 Å². The van der Waals surface area contributed by atoms with E-state index in [0.717, 1.165) is 0 Å². The van der Waals surface area contributed by atoms with Gasteiger partial charge in [0.05, 0.1) is 20.3 Å². The van der Waals surface area contributed by atoms with Crippen molar-refractivity contribution >= 4 is 33.5 Å². The van der Waals surface area contributed by atoms with E-state index in [-0.39, 0.29) is 23.2 Å². The van der Waals surface area contributed by atoms with Gasteiger partial charge in [-0.2, -0.15) is 0 Å². The summed E-state index contributed by atoms with van der Waals surface area (Å²) in [6, 6.07) is -0.505. The molecule has 0 heterocycles. The fourth-order valence-electron chi connectivity index (χ4n) is 1.05. The molecule has 0 aromatic rings. The standard InChI is InChI=1S/C12H23NO4S2/c1-6-17-10(14)7-13-9(11(15)16-5)8-18-19-12(2,3)4/h9,13H,6-8H2,1-5H3. The van der Waals surface area contributed by atoms with E-state index in [0.29, 0.717) is 12.4 Å². The van der Waals surface area contributed by atoms with E-state index in [9.17, 15) is 9.59 Å². The molecule has 0 fully saturated rings. The topological polar surface area (TPSA) is 64.6 Å². The van der Waals surface area contributed by atoms with Crippen LogP contribution in [-0.4, -0.2) is 48.7 Å². The largest absolute Gasteiger partial charge is 0.468 e. The average Bonchev–Trinajstić information content (AvgIpc) is 2.31. The van der Waals surface area contributed by atoms with Crippen LogP contribution in [0.2, 0.25) is 0 Å². The van der Waals surface area contributed by atoms with Crippen molar-refractivity contribution in [3.63, 3.8) is 0 Å². The molecule has 0 aliphatic carbocycles. The van der Waals surface area contributed by atoms with Gasteiger partial charge in [0.25, 0.3) is 0 Å². The lowest BCUT2D eigenvalue weighted by molar-refractivity contribution is -0.144. The van der Waals surface area contributed by atoms with Crippen molar-refractivity contribution in [2.75, 3.05) is 26.0 Å². The molecule has 1 N–H and O–H groups in total. The molecule has 0 radical (unpaired) electrons. The third-order valence-electron chi connectivity index (χ3n) is 1.83. The molecule has 0 aromatic carbocycles. The second-order valence-corrected chi connectivity index (χ2v) is 7.91. The number of ether oxygens (including phenoxy) is 2. The van der Waals surface area contributed by atoms with E-state index in [1.54, 1.807) is 28.5 Å². The highest BCUT2D eigenvalue weighted by molar-refractivity contribution is 8.77. The predicted octanol–water partition coefficient (Wildman–Crippen LogP) is 1.86. The van der Waals surface area contributed by atoms with Gasteiger partial charge in [-0.25, -0.2) is 0 Å². The van der Waals surface area contributed by atoms with Gasteiger partial charge in [0, 0.05) is 10.5 Å². The zero-order chi connectivity index (χ0) is 14.9. The van der Waals surface area contributed by atoms with Gasteiger partial charge in [0.2, 0.25) is 0 Å². The first-order valence-electron chi connectivity index (χ1n) is 6.07. The maximum atomic E-state index is 11.6. The highest BCUT2D eigenvalue weighted by Gasteiger charge is 2.21. The third-order valence-corrected chi connectivity index (χ3v) is 5.18. The molecule has 5 nitrogen and oxygen atoms in total. The van der Waals surface area contributed by atoms with Gasteiger partial charge in [-0.1, -0.05) is 42.4 Å². The molecule has 0 saturated heterocycles. The smallest absolute Gasteiger partial charge is 0.323 e. The van der Waals surface area contributed by atoms with Crippen molar-refractivity contribution in [1.29, 1.82) is 0 Å². The second kappa shape index (κ2) is 9.50. The molecule has 0 amide bonds. The Morgan fingerprint density at radius 3 is 2.42 bits per heavy atom. The van der Waals surface area contributed by atoms with Gasteiger partial charge in [-0.3, -0.25) is 14.9 Å². The Hall–Kier alpha value is -0.400. The number of rotatable bonds is 8. The fourth-order valence-corrected chi connectivity index (χ4v) is 3.53. The SMILES string of the molecule is CCOC(=O)CNC(CSSC(C)(C)C)C(=O)OC. The number of esters is 2. The van der Waals surface area contributed by atoms with Crippen molar-refractivity contribution in [2.45, 2.75) is 38.5 Å². The molecule has 112 valence electrons. The summed E-state index contributed by atoms with van der Waals surface area (Å²) in [6.45, 7) is 8.38. The molecule has 0 spiro atoms. The van der Waals surface area contributed by atoms with E-state index in [4.69, 9.17) is 9.47 Å². The Bertz CT molecular complexity index is 292. The maximum Gasteiger partial charge on any atom is 0.323 e. The molecule has 0 bridgehead atoms. The van der Waals surface area contributed by atoms with E-state index >= 15 is 0 Å². The molecule has 0 aliphatic heterocycles. The van der Waals surface area contributed by atoms with Gasteiger partial charge in [0.15, 0.2) is 0 Å². The van der Waals surface area contributed by atoms with Crippen molar-refractivity contribution in [3.05, 3.63) is 0 Å². The van der Waals surface area contributed by atoms with Crippen LogP contribution in [0.5, 0.6) is 0 Å². The van der Waals surface area contributed by atoms with Gasteiger partial charge >= 0.3 is 11.9 Å². The Balaban J connectivity index is 4.17. The van der Waals surface area contributed by atoms with E-state index in [2.05, 4.69) is 26.1 Å². The fraction of sp³-hybridized carbons (Fsp3) is 0.833. The van der Waals surface area contributed by atoms with Crippen LogP contribution in [0.3, 0.4) is 0 Å². The number of hydrogen-bond acceptors (Lipinski definition) is 7. The zero-order valence-corrected chi connectivity index (χ0v) is 13.8. The van der Waals surface area contributed by atoms with Crippen LogP contribution in [-0.2, 0) is 19.1 Å². The Morgan fingerprint density at radius 1 is 1.32 bits per heavy atom. The molecule has 0 rings (SSSR count). The Labute approximate surface area is 122 Å². The summed E-state index contributed by atoms with van der Waals surface area (Å²) in [4.78, 5) is 22.8. The van der Waals surface area contributed by atoms with Crippen molar-refractivity contribution in [1.82, 2.24) is 5.32 Å². The minimum atomic E-state index is -0.505. The predicted molar refractivity (Wildman–Crippen MR) is 80.2 cm³/mol. The van der Waals surface area contributed by atoms with Gasteiger partial charge in [-0.15, -0.1) is 0 Å². The van der Waals surface area contributed by atoms with E-state index in [1.807, 2.05) is 0 Å². The van der Waals surface area contributed by atoms with Crippen LogP contribution in [0.15, 0.2) is 0 Å². The van der Waals surface area contributed by atoms with Crippen LogP contribution in [0, 0.1) is 0 Å². The summed E-state index contributed by atoms with van der Waals surface area (Å²) < 4.78 is 9.63. The third kappa shape index (κ3) is 10.1. The highest BCUT2D eigenvalue weighted by atomic mass is 33.1. The van der Waals surface area contributed by atoms with Crippen LogP contribution >= 0.6 is 21.6 Å². The van der Waals surface area contributed by atoms with Gasteiger partial charge in [0.1, 0.15) is 6.04 Å². The Kier molecular flexibility index (Phi) is 9.30. The number of carbonyl (C=O) groups excluding carboxylic acids is 2. The lowest BCUT2D eigenvalue weighted by Crippen LogP contribution is -2.42. The van der Waals surface area contributed by atoms with Crippen LogP contribution in [0.1, 0.15) is 27.7 Å². The summed E-state index contributed by atoms with van der Waals surface area (Å²) in [6.07, 6.45) is 0. The number of carbonyl (C=O) groups is 2. The first-order chi connectivity index (χ1) is 8.80. The minimum Gasteiger partial charge on any atom is -0.468 e. The molecule has 0 aromatic heterocycles. The summed E-state index contributed by atoms with van der Waals surface area (Å²) in [5, 5.41) is 2.86. The molecule has 19 heavy (non-hydrogen) atoms. The van der Waals surface area contributed by atoms with E-state index in [1.165, 1.54) is 7.11 Å². The highest BCUT2D eigenvalue weighted by Crippen LogP contribution is 2.35. The normalized spacial score (nSPS) is 12.9. The molecular weight excluding hydrogens is 286 g/mol. The quantitative estimate of drug-likeness (QED) is 0.542. The van der Waals surface area contributed by atoms with Gasteiger partial charge < -0.3 is 9.47 Å². The lowest BCUT2D eigenvalue weighted by Gasteiger charge is -2.19.